The van der Waals surface area contributed by atoms with Gasteiger partial charge in [0, 0.05) is 13.6 Å². The maximum absolute atomic E-state index is 13.6. The van der Waals surface area contributed by atoms with Gasteiger partial charge in [-0.2, -0.15) is 10.1 Å². The van der Waals surface area contributed by atoms with E-state index < -0.39 is 0 Å². The van der Waals surface area contributed by atoms with Crippen molar-refractivity contribution < 1.29 is 0 Å². The third kappa shape index (κ3) is 3.45. The Balaban J connectivity index is 1.69. The van der Waals surface area contributed by atoms with E-state index in [1.807, 2.05) is 41.6 Å². The molecule has 0 N–H and O–H groups in total. The Morgan fingerprint density at radius 3 is 2.56 bits per heavy atom. The van der Waals surface area contributed by atoms with Crippen molar-refractivity contribution in [3.63, 3.8) is 0 Å². The molecule has 34 heavy (non-hydrogen) atoms. The number of rotatable bonds is 5. The second-order valence-corrected chi connectivity index (χ2v) is 9.55. The molecule has 1 atom stereocenters. The summed E-state index contributed by atoms with van der Waals surface area (Å²) in [7, 11) is 1.68. The lowest BCUT2D eigenvalue weighted by Crippen LogP contribution is -2.40. The third-order valence-electron chi connectivity index (χ3n) is 6.79. The average molecular weight is 459 g/mol. The summed E-state index contributed by atoms with van der Waals surface area (Å²) in [5.41, 5.74) is 2.22. The van der Waals surface area contributed by atoms with Gasteiger partial charge in [-0.1, -0.05) is 56.3 Å². The molecular weight excluding hydrogens is 428 g/mol. The highest BCUT2D eigenvalue weighted by Crippen LogP contribution is 2.32. The molecule has 5 rings (SSSR count). The van der Waals surface area contributed by atoms with Gasteiger partial charge in [-0.25, -0.2) is 9.80 Å². The van der Waals surface area contributed by atoms with Crippen LogP contribution in [0.2, 0.25) is 0 Å². The van der Waals surface area contributed by atoms with Gasteiger partial charge in [-0.15, -0.1) is 0 Å². The van der Waals surface area contributed by atoms with Crippen molar-refractivity contribution in [1.29, 1.82) is 0 Å². The number of hydrazone groups is 1. The highest BCUT2D eigenvalue weighted by atomic mass is 16.2. The lowest BCUT2D eigenvalue weighted by molar-refractivity contribution is 0.487. The second-order valence-electron chi connectivity index (χ2n) is 9.55. The monoisotopic (exact) mass is 458 g/mol. The standard InChI is InChI=1S/C26H30N6O2/c1-16(2)13-14-30-24(33)22-23(29(5)26(30)34)27-25-31(28-17(3)18(4)32(22)25)15-20-11-8-10-19-9-6-7-12-21(19)20/h6-12,16,18H,13-15H2,1-5H3. The smallest absolute Gasteiger partial charge is 0.294 e. The molecule has 0 amide bonds. The average Bonchev–Trinajstić information content (AvgIpc) is 3.22. The number of benzene rings is 2. The van der Waals surface area contributed by atoms with Gasteiger partial charge in [0.2, 0.25) is 5.95 Å². The molecule has 0 fully saturated rings. The Hall–Kier alpha value is -3.68. The Morgan fingerprint density at radius 2 is 1.79 bits per heavy atom. The Morgan fingerprint density at radius 1 is 1.06 bits per heavy atom. The van der Waals surface area contributed by atoms with Crippen LogP contribution in [0.15, 0.2) is 57.2 Å². The molecule has 2 aromatic carbocycles. The van der Waals surface area contributed by atoms with E-state index >= 15 is 0 Å². The van der Waals surface area contributed by atoms with E-state index in [1.54, 1.807) is 7.05 Å². The summed E-state index contributed by atoms with van der Waals surface area (Å²) in [5, 5.41) is 9.00. The van der Waals surface area contributed by atoms with Crippen molar-refractivity contribution in [3.05, 3.63) is 68.9 Å². The van der Waals surface area contributed by atoms with E-state index in [-0.39, 0.29) is 17.3 Å². The van der Waals surface area contributed by atoms with Crippen LogP contribution in [0.4, 0.5) is 5.95 Å². The van der Waals surface area contributed by atoms with Crippen molar-refractivity contribution in [2.45, 2.75) is 53.2 Å². The minimum atomic E-state index is -0.334. The predicted molar refractivity (Wildman–Crippen MR) is 137 cm³/mol. The second kappa shape index (κ2) is 8.27. The zero-order chi connectivity index (χ0) is 24.1. The lowest BCUT2D eigenvalue weighted by atomic mass is 10.0. The summed E-state index contributed by atoms with van der Waals surface area (Å²) >= 11 is 0. The highest BCUT2D eigenvalue weighted by Gasteiger charge is 2.31. The molecule has 0 radical (unpaired) electrons. The molecule has 4 aromatic rings. The maximum atomic E-state index is 13.6. The maximum Gasteiger partial charge on any atom is 0.332 e. The van der Waals surface area contributed by atoms with Crippen LogP contribution >= 0.6 is 0 Å². The number of anilines is 1. The fourth-order valence-corrected chi connectivity index (χ4v) is 4.66. The van der Waals surface area contributed by atoms with Crippen LogP contribution in [0.1, 0.15) is 45.7 Å². The first-order valence-electron chi connectivity index (χ1n) is 11.8. The van der Waals surface area contributed by atoms with Crippen LogP contribution in [-0.2, 0) is 20.1 Å². The number of aryl methyl sites for hydroxylation is 1. The van der Waals surface area contributed by atoms with Gasteiger partial charge < -0.3 is 0 Å². The summed E-state index contributed by atoms with van der Waals surface area (Å²) in [4.78, 5) is 31.4. The minimum absolute atomic E-state index is 0.146. The van der Waals surface area contributed by atoms with E-state index in [0.717, 1.165) is 28.5 Å². The van der Waals surface area contributed by atoms with Crippen LogP contribution in [0, 0.1) is 5.92 Å². The third-order valence-corrected chi connectivity index (χ3v) is 6.79. The Labute approximate surface area is 197 Å². The fraction of sp³-hybridized carbons (Fsp3) is 0.385. The molecule has 0 saturated heterocycles. The van der Waals surface area contributed by atoms with Gasteiger partial charge in [0.05, 0.1) is 18.3 Å². The summed E-state index contributed by atoms with van der Waals surface area (Å²) < 4.78 is 4.77. The van der Waals surface area contributed by atoms with E-state index in [1.165, 1.54) is 9.13 Å². The molecule has 1 aliphatic rings. The van der Waals surface area contributed by atoms with Crippen molar-refractivity contribution in [1.82, 2.24) is 18.7 Å². The van der Waals surface area contributed by atoms with Gasteiger partial charge in [0.15, 0.2) is 11.2 Å². The van der Waals surface area contributed by atoms with E-state index in [0.29, 0.717) is 36.1 Å². The molecule has 176 valence electrons. The molecular formula is C26H30N6O2. The van der Waals surface area contributed by atoms with Crippen LogP contribution in [-0.4, -0.2) is 24.4 Å². The van der Waals surface area contributed by atoms with E-state index in [4.69, 9.17) is 10.1 Å². The summed E-state index contributed by atoms with van der Waals surface area (Å²) in [6.07, 6.45) is 0.755. The molecule has 8 heteroatoms. The SMILES string of the molecule is CC1=NN(Cc2cccc3ccccc23)c2nc3c(c(=O)n(CCC(C)C)c(=O)n3C)n2C1C. The molecule has 0 saturated carbocycles. The Kier molecular flexibility index (Phi) is 5.38. The van der Waals surface area contributed by atoms with Crippen molar-refractivity contribution in [3.8, 4) is 0 Å². The number of nitrogens with zero attached hydrogens (tertiary/aromatic N) is 6. The summed E-state index contributed by atoms with van der Waals surface area (Å²) in [5.74, 6) is 0.964. The number of imidazole rings is 1. The van der Waals surface area contributed by atoms with Gasteiger partial charge in [0.25, 0.3) is 5.56 Å². The predicted octanol–water partition coefficient (Wildman–Crippen LogP) is 4.05. The zero-order valence-electron chi connectivity index (χ0n) is 20.3. The number of aromatic nitrogens is 4. The zero-order valence-corrected chi connectivity index (χ0v) is 20.3. The van der Waals surface area contributed by atoms with Crippen LogP contribution < -0.4 is 16.3 Å². The summed E-state index contributed by atoms with van der Waals surface area (Å²) in [6, 6.07) is 14.3. The van der Waals surface area contributed by atoms with Gasteiger partial charge in [-0.05, 0) is 42.5 Å². The summed E-state index contributed by atoms with van der Waals surface area (Å²) in [6.45, 7) is 9.05. The number of fused-ring (bicyclic) bond motifs is 4. The van der Waals surface area contributed by atoms with E-state index in [2.05, 4.69) is 38.1 Å². The first-order valence-corrected chi connectivity index (χ1v) is 11.8. The molecule has 1 aliphatic heterocycles. The molecule has 8 nitrogen and oxygen atoms in total. The van der Waals surface area contributed by atoms with Crippen molar-refractivity contribution >= 4 is 33.6 Å². The molecule has 1 unspecified atom stereocenters. The first kappa shape index (κ1) is 22.1. The number of hydrogen-bond donors (Lipinski definition) is 0. The molecule has 2 aromatic heterocycles. The van der Waals surface area contributed by atoms with Crippen LogP contribution in [0.25, 0.3) is 21.9 Å². The lowest BCUT2D eigenvalue weighted by Gasteiger charge is -2.29. The van der Waals surface area contributed by atoms with Crippen molar-refractivity contribution in [2.75, 3.05) is 5.01 Å². The minimum Gasteiger partial charge on any atom is -0.294 e. The quantitative estimate of drug-likeness (QED) is 0.452. The topological polar surface area (TPSA) is 77.4 Å². The normalized spacial score (nSPS) is 15.9. The highest BCUT2D eigenvalue weighted by molar-refractivity contribution is 5.91. The van der Waals surface area contributed by atoms with Crippen molar-refractivity contribution in [2.24, 2.45) is 18.1 Å². The molecule has 3 heterocycles. The Bertz CT molecular complexity index is 1550. The largest absolute Gasteiger partial charge is 0.332 e. The molecule has 0 bridgehead atoms. The van der Waals surface area contributed by atoms with Gasteiger partial charge in [0.1, 0.15) is 0 Å². The van der Waals surface area contributed by atoms with E-state index in [9.17, 15) is 9.59 Å². The van der Waals surface area contributed by atoms with Gasteiger partial charge in [-0.3, -0.25) is 18.5 Å². The van der Waals surface area contributed by atoms with Crippen LogP contribution in [0.3, 0.4) is 0 Å². The van der Waals surface area contributed by atoms with Crippen LogP contribution in [0.5, 0.6) is 0 Å². The molecule has 0 spiro atoms. The first-order chi connectivity index (χ1) is 16.3. The van der Waals surface area contributed by atoms with Gasteiger partial charge >= 0.3 is 5.69 Å². The molecule has 0 aliphatic carbocycles. The number of hydrogen-bond acceptors (Lipinski definition) is 5. The fourth-order valence-electron chi connectivity index (χ4n) is 4.66.